The molecule has 1 aliphatic heterocycles. The van der Waals surface area contributed by atoms with Crippen molar-refractivity contribution in [3.63, 3.8) is 0 Å². The van der Waals surface area contributed by atoms with E-state index in [0.29, 0.717) is 6.04 Å². The van der Waals surface area contributed by atoms with Crippen molar-refractivity contribution in [3.8, 4) is 11.5 Å². The third-order valence-electron chi connectivity index (χ3n) is 4.57. The minimum atomic E-state index is 0.603. The molecule has 2 fully saturated rings. The first-order chi connectivity index (χ1) is 10.3. The van der Waals surface area contributed by atoms with Gasteiger partial charge in [-0.3, -0.25) is 10.00 Å². The molecule has 2 aromatic rings. The Morgan fingerprint density at radius 2 is 2.29 bits per heavy atom. The quantitative estimate of drug-likeness (QED) is 0.885. The van der Waals surface area contributed by atoms with Crippen molar-refractivity contribution >= 4 is 0 Å². The van der Waals surface area contributed by atoms with Crippen LogP contribution in [0.3, 0.4) is 0 Å². The normalized spacial score (nSPS) is 23.0. The molecule has 2 N–H and O–H groups in total. The predicted octanol–water partition coefficient (Wildman–Crippen LogP) is 2.30. The SMILES string of the molecule is Cc1ccc(-c2[nH]ncc2CNC2CCN(C3CC3)C2)o1. The lowest BCUT2D eigenvalue weighted by Crippen LogP contribution is -2.32. The second-order valence-electron chi connectivity index (χ2n) is 6.27. The molecule has 0 spiro atoms. The third-order valence-corrected chi connectivity index (χ3v) is 4.57. The van der Waals surface area contributed by atoms with E-state index in [4.69, 9.17) is 4.42 Å². The van der Waals surface area contributed by atoms with Crippen molar-refractivity contribution in [1.82, 2.24) is 20.4 Å². The lowest BCUT2D eigenvalue weighted by atomic mass is 10.2. The van der Waals surface area contributed by atoms with Crippen LogP contribution in [0.2, 0.25) is 0 Å². The van der Waals surface area contributed by atoms with E-state index in [-0.39, 0.29) is 0 Å². The zero-order chi connectivity index (χ0) is 14.2. The van der Waals surface area contributed by atoms with Crippen LogP contribution in [0.25, 0.3) is 11.5 Å². The number of aryl methyl sites for hydroxylation is 1. The average molecular weight is 286 g/mol. The number of nitrogens with zero attached hydrogens (tertiary/aromatic N) is 2. The molecule has 2 aromatic heterocycles. The zero-order valence-electron chi connectivity index (χ0n) is 12.4. The molecule has 5 heteroatoms. The van der Waals surface area contributed by atoms with E-state index in [1.165, 1.54) is 37.9 Å². The second kappa shape index (κ2) is 5.31. The average Bonchev–Trinajstić information content (AvgIpc) is 2.91. The smallest absolute Gasteiger partial charge is 0.152 e. The Morgan fingerprint density at radius 3 is 3.05 bits per heavy atom. The summed E-state index contributed by atoms with van der Waals surface area (Å²) in [5, 5.41) is 10.9. The molecular formula is C16H22N4O. The molecule has 1 unspecified atom stereocenters. The van der Waals surface area contributed by atoms with E-state index in [1.54, 1.807) is 0 Å². The number of nitrogens with one attached hydrogen (secondary N) is 2. The number of H-pyrrole nitrogens is 1. The molecule has 0 aromatic carbocycles. The fraction of sp³-hybridized carbons (Fsp3) is 0.562. The summed E-state index contributed by atoms with van der Waals surface area (Å²) in [5.74, 6) is 1.79. The lowest BCUT2D eigenvalue weighted by molar-refractivity contribution is 0.317. The van der Waals surface area contributed by atoms with E-state index in [2.05, 4.69) is 20.4 Å². The van der Waals surface area contributed by atoms with Crippen LogP contribution in [-0.2, 0) is 6.54 Å². The highest BCUT2D eigenvalue weighted by atomic mass is 16.3. The molecule has 3 heterocycles. The summed E-state index contributed by atoms with van der Waals surface area (Å²) in [6, 6.07) is 5.47. The fourth-order valence-electron chi connectivity index (χ4n) is 3.21. The highest BCUT2D eigenvalue weighted by Crippen LogP contribution is 2.30. The van der Waals surface area contributed by atoms with E-state index in [1.807, 2.05) is 25.3 Å². The van der Waals surface area contributed by atoms with Crippen molar-refractivity contribution in [1.29, 1.82) is 0 Å². The standard InChI is InChI=1S/C16H22N4O/c1-11-2-5-15(21-11)16-12(9-18-19-16)8-17-13-6-7-20(10-13)14-3-4-14/h2,5,9,13-14,17H,3-4,6-8,10H2,1H3,(H,18,19). The van der Waals surface area contributed by atoms with Crippen LogP contribution in [0.4, 0.5) is 0 Å². The van der Waals surface area contributed by atoms with Gasteiger partial charge in [-0.05, 0) is 38.3 Å². The van der Waals surface area contributed by atoms with Gasteiger partial charge < -0.3 is 9.73 Å². The van der Waals surface area contributed by atoms with Gasteiger partial charge in [0.1, 0.15) is 11.5 Å². The highest BCUT2D eigenvalue weighted by molar-refractivity contribution is 5.56. The van der Waals surface area contributed by atoms with Crippen LogP contribution in [0, 0.1) is 6.92 Å². The Bertz CT molecular complexity index is 613. The minimum absolute atomic E-state index is 0.603. The Kier molecular flexibility index (Phi) is 3.31. The maximum absolute atomic E-state index is 5.69. The van der Waals surface area contributed by atoms with Crippen LogP contribution in [0.5, 0.6) is 0 Å². The van der Waals surface area contributed by atoms with Crippen LogP contribution in [0.15, 0.2) is 22.7 Å². The molecule has 2 aliphatic rings. The summed E-state index contributed by atoms with van der Waals surface area (Å²) in [6.45, 7) is 5.24. The summed E-state index contributed by atoms with van der Waals surface area (Å²) in [5.41, 5.74) is 2.17. The van der Waals surface area contributed by atoms with Gasteiger partial charge in [-0.2, -0.15) is 5.10 Å². The van der Waals surface area contributed by atoms with Gasteiger partial charge in [0.25, 0.3) is 0 Å². The molecule has 1 saturated carbocycles. The van der Waals surface area contributed by atoms with Gasteiger partial charge in [-0.1, -0.05) is 0 Å². The first-order valence-electron chi connectivity index (χ1n) is 7.86. The molecule has 1 saturated heterocycles. The molecule has 0 radical (unpaired) electrons. The van der Waals surface area contributed by atoms with Gasteiger partial charge >= 0.3 is 0 Å². The van der Waals surface area contributed by atoms with Gasteiger partial charge in [0.2, 0.25) is 0 Å². The van der Waals surface area contributed by atoms with Crippen molar-refractivity contribution in [2.24, 2.45) is 0 Å². The van der Waals surface area contributed by atoms with Gasteiger partial charge in [0.05, 0.1) is 6.20 Å². The van der Waals surface area contributed by atoms with Gasteiger partial charge in [0.15, 0.2) is 5.76 Å². The van der Waals surface area contributed by atoms with Crippen LogP contribution in [0.1, 0.15) is 30.6 Å². The summed E-state index contributed by atoms with van der Waals surface area (Å²) < 4.78 is 5.69. The summed E-state index contributed by atoms with van der Waals surface area (Å²) in [4.78, 5) is 2.63. The van der Waals surface area contributed by atoms with Crippen molar-refractivity contribution in [2.45, 2.75) is 44.8 Å². The zero-order valence-corrected chi connectivity index (χ0v) is 12.4. The number of rotatable bonds is 5. The monoisotopic (exact) mass is 286 g/mol. The van der Waals surface area contributed by atoms with Crippen LogP contribution < -0.4 is 5.32 Å². The Labute approximate surface area is 124 Å². The number of likely N-dealkylation sites (tertiary alicyclic amines) is 1. The fourth-order valence-corrected chi connectivity index (χ4v) is 3.21. The van der Waals surface area contributed by atoms with Gasteiger partial charge in [0, 0.05) is 37.3 Å². The molecule has 4 rings (SSSR count). The summed E-state index contributed by atoms with van der Waals surface area (Å²) in [6.07, 6.45) is 5.95. The molecule has 1 aliphatic carbocycles. The lowest BCUT2D eigenvalue weighted by Gasteiger charge is -2.15. The van der Waals surface area contributed by atoms with Gasteiger partial charge in [-0.25, -0.2) is 0 Å². The molecule has 0 amide bonds. The molecule has 112 valence electrons. The first kappa shape index (κ1) is 13.1. The van der Waals surface area contributed by atoms with Crippen LogP contribution >= 0.6 is 0 Å². The van der Waals surface area contributed by atoms with Gasteiger partial charge in [-0.15, -0.1) is 0 Å². The Balaban J connectivity index is 1.38. The predicted molar refractivity (Wildman–Crippen MR) is 80.9 cm³/mol. The minimum Gasteiger partial charge on any atom is -0.460 e. The van der Waals surface area contributed by atoms with Crippen LogP contribution in [-0.4, -0.2) is 40.3 Å². The summed E-state index contributed by atoms with van der Waals surface area (Å²) >= 11 is 0. The Hall–Kier alpha value is -1.59. The maximum atomic E-state index is 5.69. The number of aromatic nitrogens is 2. The highest BCUT2D eigenvalue weighted by Gasteiger charge is 2.34. The largest absolute Gasteiger partial charge is 0.460 e. The maximum Gasteiger partial charge on any atom is 0.152 e. The van der Waals surface area contributed by atoms with E-state index < -0.39 is 0 Å². The molecule has 0 bridgehead atoms. The van der Waals surface area contributed by atoms with Crippen molar-refractivity contribution in [2.75, 3.05) is 13.1 Å². The number of furan rings is 1. The molecular weight excluding hydrogens is 264 g/mol. The van der Waals surface area contributed by atoms with E-state index >= 15 is 0 Å². The topological polar surface area (TPSA) is 57.1 Å². The summed E-state index contributed by atoms with van der Waals surface area (Å²) in [7, 11) is 0. The Morgan fingerprint density at radius 1 is 1.38 bits per heavy atom. The number of aromatic amines is 1. The molecule has 21 heavy (non-hydrogen) atoms. The molecule has 5 nitrogen and oxygen atoms in total. The van der Waals surface area contributed by atoms with E-state index in [0.717, 1.165) is 29.8 Å². The molecule has 1 atom stereocenters. The first-order valence-corrected chi connectivity index (χ1v) is 7.86. The van der Waals surface area contributed by atoms with Crippen molar-refractivity contribution in [3.05, 3.63) is 29.7 Å². The van der Waals surface area contributed by atoms with Crippen molar-refractivity contribution < 1.29 is 4.42 Å². The number of hydrogen-bond donors (Lipinski definition) is 2. The third kappa shape index (κ3) is 2.76. The van der Waals surface area contributed by atoms with E-state index in [9.17, 15) is 0 Å². The number of hydrogen-bond acceptors (Lipinski definition) is 4. The second-order valence-corrected chi connectivity index (χ2v) is 6.27.